The monoisotopic (exact) mass is 344 g/mol. The number of nitrogens with one attached hydrogen (secondary N) is 1. The predicted molar refractivity (Wildman–Crippen MR) is 108 cm³/mol. The summed E-state index contributed by atoms with van der Waals surface area (Å²) in [7, 11) is 0. The zero-order chi connectivity index (χ0) is 17.8. The number of aromatic nitrogens is 3. The van der Waals surface area contributed by atoms with Gasteiger partial charge in [-0.2, -0.15) is 0 Å². The molecule has 1 aliphatic rings. The van der Waals surface area contributed by atoms with Gasteiger partial charge in [-0.1, -0.05) is 37.0 Å². The fourth-order valence-corrected chi connectivity index (χ4v) is 3.52. The lowest BCUT2D eigenvalue weighted by Crippen LogP contribution is -2.23. The lowest BCUT2D eigenvalue weighted by molar-refractivity contribution is 0.462. The summed E-state index contributed by atoms with van der Waals surface area (Å²) in [5.41, 5.74) is 3.11. The SMILES string of the molecule is Cc1ccc2nc(C=Cc3ccccn3)nc(NC3CCCCC3)c2c1. The third-order valence-electron chi connectivity index (χ3n) is 4.91. The molecule has 26 heavy (non-hydrogen) atoms. The lowest BCUT2D eigenvalue weighted by atomic mass is 9.95. The van der Waals surface area contributed by atoms with Crippen LogP contribution in [0.5, 0.6) is 0 Å². The maximum atomic E-state index is 4.81. The van der Waals surface area contributed by atoms with Gasteiger partial charge in [0.1, 0.15) is 5.82 Å². The molecule has 0 saturated heterocycles. The Morgan fingerprint density at radius 2 is 1.88 bits per heavy atom. The first-order chi connectivity index (χ1) is 12.8. The molecule has 4 rings (SSSR count). The van der Waals surface area contributed by atoms with Crippen molar-refractivity contribution in [3.63, 3.8) is 0 Å². The number of nitrogens with zero attached hydrogens (tertiary/aromatic N) is 3. The first-order valence-corrected chi connectivity index (χ1v) is 9.42. The smallest absolute Gasteiger partial charge is 0.155 e. The third kappa shape index (κ3) is 3.90. The molecule has 4 nitrogen and oxygen atoms in total. The van der Waals surface area contributed by atoms with Crippen LogP contribution in [0.1, 0.15) is 49.2 Å². The van der Waals surface area contributed by atoms with Crippen LogP contribution in [0.4, 0.5) is 5.82 Å². The van der Waals surface area contributed by atoms with Crippen molar-refractivity contribution < 1.29 is 0 Å². The van der Waals surface area contributed by atoms with Crippen LogP contribution in [0.2, 0.25) is 0 Å². The Morgan fingerprint density at radius 1 is 1.00 bits per heavy atom. The van der Waals surface area contributed by atoms with Gasteiger partial charge in [0.05, 0.1) is 11.2 Å². The number of fused-ring (bicyclic) bond motifs is 1. The van der Waals surface area contributed by atoms with Crippen LogP contribution in [-0.2, 0) is 0 Å². The molecule has 2 heterocycles. The molecule has 1 saturated carbocycles. The topological polar surface area (TPSA) is 50.7 Å². The van der Waals surface area contributed by atoms with Gasteiger partial charge in [-0.05, 0) is 56.2 Å². The highest BCUT2D eigenvalue weighted by atomic mass is 15.1. The number of pyridine rings is 1. The Labute approximate surface area is 154 Å². The summed E-state index contributed by atoms with van der Waals surface area (Å²) in [5, 5.41) is 4.79. The Balaban J connectivity index is 1.69. The van der Waals surface area contributed by atoms with E-state index in [4.69, 9.17) is 9.97 Å². The molecule has 2 aromatic heterocycles. The summed E-state index contributed by atoms with van der Waals surface area (Å²) in [6.07, 6.45) is 12.1. The molecule has 0 bridgehead atoms. The van der Waals surface area contributed by atoms with Gasteiger partial charge in [-0.3, -0.25) is 4.98 Å². The Kier molecular flexibility index (Phi) is 4.91. The van der Waals surface area contributed by atoms with E-state index in [1.807, 2.05) is 30.4 Å². The molecule has 0 unspecified atom stereocenters. The molecule has 0 amide bonds. The molecular weight excluding hydrogens is 320 g/mol. The van der Waals surface area contributed by atoms with Gasteiger partial charge in [0, 0.05) is 17.6 Å². The van der Waals surface area contributed by atoms with E-state index in [9.17, 15) is 0 Å². The summed E-state index contributed by atoms with van der Waals surface area (Å²) in [5.74, 6) is 1.66. The summed E-state index contributed by atoms with van der Waals surface area (Å²) in [6.45, 7) is 2.11. The standard InChI is InChI=1S/C22H24N4/c1-16-10-12-20-19(15-16)22(24-18-8-3-2-4-9-18)26-21(25-20)13-11-17-7-5-6-14-23-17/h5-7,10-15,18H,2-4,8-9H2,1H3,(H,24,25,26). The molecule has 0 radical (unpaired) electrons. The van der Waals surface area contributed by atoms with E-state index in [1.54, 1.807) is 6.20 Å². The van der Waals surface area contributed by atoms with E-state index in [-0.39, 0.29) is 0 Å². The van der Waals surface area contributed by atoms with Crippen LogP contribution in [0, 0.1) is 6.92 Å². The van der Waals surface area contributed by atoms with Crippen molar-refractivity contribution in [2.75, 3.05) is 5.32 Å². The number of hydrogen-bond acceptors (Lipinski definition) is 4. The first-order valence-electron chi connectivity index (χ1n) is 9.42. The van der Waals surface area contributed by atoms with Crippen molar-refractivity contribution in [3.05, 3.63) is 59.7 Å². The zero-order valence-electron chi connectivity index (χ0n) is 15.2. The van der Waals surface area contributed by atoms with Crippen molar-refractivity contribution in [2.24, 2.45) is 0 Å². The highest BCUT2D eigenvalue weighted by molar-refractivity contribution is 5.90. The average Bonchev–Trinajstić information content (AvgIpc) is 2.68. The second-order valence-electron chi connectivity index (χ2n) is 7.02. The largest absolute Gasteiger partial charge is 0.367 e. The molecular formula is C22H24N4. The molecule has 1 aromatic carbocycles. The van der Waals surface area contributed by atoms with Crippen LogP contribution >= 0.6 is 0 Å². The average molecular weight is 344 g/mol. The normalized spacial score (nSPS) is 15.6. The fraction of sp³-hybridized carbons (Fsp3) is 0.318. The summed E-state index contributed by atoms with van der Waals surface area (Å²) >= 11 is 0. The quantitative estimate of drug-likeness (QED) is 0.702. The van der Waals surface area contributed by atoms with Crippen LogP contribution < -0.4 is 5.32 Å². The molecule has 132 valence electrons. The summed E-state index contributed by atoms with van der Waals surface area (Å²) in [4.78, 5) is 13.9. The van der Waals surface area contributed by atoms with Crippen molar-refractivity contribution in [1.29, 1.82) is 0 Å². The summed E-state index contributed by atoms with van der Waals surface area (Å²) in [6, 6.07) is 12.7. The minimum atomic E-state index is 0.509. The van der Waals surface area contributed by atoms with Crippen LogP contribution in [-0.4, -0.2) is 21.0 Å². The van der Waals surface area contributed by atoms with E-state index in [0.29, 0.717) is 11.9 Å². The molecule has 1 N–H and O–H groups in total. The van der Waals surface area contributed by atoms with E-state index in [1.165, 1.54) is 37.7 Å². The molecule has 4 heteroatoms. The van der Waals surface area contributed by atoms with Gasteiger partial charge in [0.15, 0.2) is 5.82 Å². The first kappa shape index (κ1) is 16.7. The Hall–Kier alpha value is -2.75. The molecule has 0 aliphatic heterocycles. The van der Waals surface area contributed by atoms with Crippen LogP contribution in [0.15, 0.2) is 42.6 Å². The summed E-state index contributed by atoms with van der Waals surface area (Å²) < 4.78 is 0. The van der Waals surface area contributed by atoms with Crippen molar-refractivity contribution in [1.82, 2.24) is 15.0 Å². The third-order valence-corrected chi connectivity index (χ3v) is 4.91. The minimum absolute atomic E-state index is 0.509. The van der Waals surface area contributed by atoms with Crippen LogP contribution in [0.3, 0.4) is 0 Å². The highest BCUT2D eigenvalue weighted by Gasteiger charge is 2.16. The fourth-order valence-electron chi connectivity index (χ4n) is 3.52. The second-order valence-corrected chi connectivity index (χ2v) is 7.02. The van der Waals surface area contributed by atoms with E-state index in [0.717, 1.165) is 22.4 Å². The van der Waals surface area contributed by atoms with E-state index < -0.39 is 0 Å². The highest BCUT2D eigenvalue weighted by Crippen LogP contribution is 2.26. The predicted octanol–water partition coefficient (Wildman–Crippen LogP) is 5.25. The maximum Gasteiger partial charge on any atom is 0.155 e. The van der Waals surface area contributed by atoms with Gasteiger partial charge in [-0.15, -0.1) is 0 Å². The Morgan fingerprint density at radius 3 is 2.69 bits per heavy atom. The number of aryl methyl sites for hydroxylation is 1. The maximum absolute atomic E-state index is 4.81. The number of benzene rings is 1. The van der Waals surface area contributed by atoms with Gasteiger partial charge < -0.3 is 5.32 Å². The van der Waals surface area contributed by atoms with Gasteiger partial charge >= 0.3 is 0 Å². The van der Waals surface area contributed by atoms with Crippen LogP contribution in [0.25, 0.3) is 23.1 Å². The molecule has 3 aromatic rings. The number of hydrogen-bond donors (Lipinski definition) is 1. The molecule has 0 atom stereocenters. The van der Waals surface area contributed by atoms with Crippen molar-refractivity contribution in [3.8, 4) is 0 Å². The molecule has 1 fully saturated rings. The lowest BCUT2D eigenvalue weighted by Gasteiger charge is -2.24. The van der Waals surface area contributed by atoms with E-state index in [2.05, 4.69) is 35.4 Å². The second kappa shape index (κ2) is 7.65. The van der Waals surface area contributed by atoms with E-state index >= 15 is 0 Å². The van der Waals surface area contributed by atoms with Crippen molar-refractivity contribution in [2.45, 2.75) is 45.1 Å². The Bertz CT molecular complexity index is 912. The number of rotatable bonds is 4. The molecule has 0 spiro atoms. The minimum Gasteiger partial charge on any atom is -0.367 e. The number of anilines is 1. The van der Waals surface area contributed by atoms with Gasteiger partial charge in [0.25, 0.3) is 0 Å². The molecule has 1 aliphatic carbocycles. The van der Waals surface area contributed by atoms with Crippen molar-refractivity contribution >= 4 is 28.9 Å². The zero-order valence-corrected chi connectivity index (χ0v) is 15.2. The van der Waals surface area contributed by atoms with Gasteiger partial charge in [0.2, 0.25) is 0 Å². The van der Waals surface area contributed by atoms with Gasteiger partial charge in [-0.25, -0.2) is 9.97 Å².